The van der Waals surface area contributed by atoms with Crippen molar-refractivity contribution in [1.82, 2.24) is 9.97 Å². The quantitative estimate of drug-likeness (QED) is 0.811. The van der Waals surface area contributed by atoms with Crippen LogP contribution in [-0.4, -0.2) is 29.0 Å². The molecular formula is C12H17N5O. The van der Waals surface area contributed by atoms with Crippen molar-refractivity contribution >= 4 is 11.7 Å². The number of anilines is 1. The van der Waals surface area contributed by atoms with Crippen molar-refractivity contribution in [2.75, 3.05) is 18.0 Å². The van der Waals surface area contributed by atoms with Crippen LogP contribution in [0.1, 0.15) is 42.9 Å². The fourth-order valence-electron chi connectivity index (χ4n) is 1.69. The first-order chi connectivity index (χ1) is 8.63. The smallest absolute Gasteiger partial charge is 0.271 e. The zero-order valence-corrected chi connectivity index (χ0v) is 10.7. The van der Waals surface area contributed by atoms with Crippen molar-refractivity contribution in [3.63, 3.8) is 0 Å². The summed E-state index contributed by atoms with van der Waals surface area (Å²) in [5.74, 6) is -0.218. The lowest BCUT2D eigenvalue weighted by Gasteiger charge is -2.23. The standard InChI is InChI=1S/C12H17N5O/c1-3-5-17(6-4-2)12-10(11(14)18)15-8-9(7-13)16-12/h8H,3-6H2,1-2H3,(H2,14,18). The Kier molecular flexibility index (Phi) is 5.06. The van der Waals surface area contributed by atoms with E-state index in [2.05, 4.69) is 9.97 Å². The molecule has 0 unspecified atom stereocenters. The third-order valence-corrected chi connectivity index (χ3v) is 2.39. The summed E-state index contributed by atoms with van der Waals surface area (Å²) in [6, 6.07) is 1.92. The van der Waals surface area contributed by atoms with E-state index < -0.39 is 5.91 Å². The van der Waals surface area contributed by atoms with Gasteiger partial charge in [0.15, 0.2) is 17.2 Å². The molecule has 0 radical (unpaired) electrons. The average Bonchev–Trinajstić information content (AvgIpc) is 2.37. The lowest BCUT2D eigenvalue weighted by molar-refractivity contribution is 0.0995. The molecule has 1 amide bonds. The van der Waals surface area contributed by atoms with Gasteiger partial charge in [0.2, 0.25) is 0 Å². The number of amides is 1. The molecule has 0 aliphatic heterocycles. The summed E-state index contributed by atoms with van der Waals surface area (Å²) in [6.45, 7) is 5.57. The van der Waals surface area contributed by atoms with Gasteiger partial charge in [0.25, 0.3) is 5.91 Å². The predicted molar refractivity (Wildman–Crippen MR) is 68.1 cm³/mol. The topological polar surface area (TPSA) is 95.9 Å². The molecule has 18 heavy (non-hydrogen) atoms. The highest BCUT2D eigenvalue weighted by atomic mass is 16.1. The third-order valence-electron chi connectivity index (χ3n) is 2.39. The molecule has 0 spiro atoms. The summed E-state index contributed by atoms with van der Waals surface area (Å²) in [6.07, 6.45) is 3.09. The molecule has 0 saturated carbocycles. The van der Waals surface area contributed by atoms with Crippen LogP contribution in [0.2, 0.25) is 0 Å². The van der Waals surface area contributed by atoms with Crippen molar-refractivity contribution in [3.05, 3.63) is 17.6 Å². The molecular weight excluding hydrogens is 230 g/mol. The normalized spacial score (nSPS) is 9.83. The molecule has 1 rings (SSSR count). The highest BCUT2D eigenvalue weighted by molar-refractivity contribution is 5.95. The zero-order chi connectivity index (χ0) is 13.5. The Balaban J connectivity index is 3.23. The Labute approximate surface area is 106 Å². The van der Waals surface area contributed by atoms with Crippen molar-refractivity contribution < 1.29 is 4.79 Å². The predicted octanol–water partition coefficient (Wildman–Crippen LogP) is 1.07. The van der Waals surface area contributed by atoms with Crippen molar-refractivity contribution in [2.24, 2.45) is 5.73 Å². The maximum Gasteiger partial charge on any atom is 0.271 e. The van der Waals surface area contributed by atoms with Crippen LogP contribution in [0.5, 0.6) is 0 Å². The number of hydrogen-bond acceptors (Lipinski definition) is 5. The van der Waals surface area contributed by atoms with Crippen LogP contribution < -0.4 is 10.6 Å². The Morgan fingerprint density at radius 2 is 2.06 bits per heavy atom. The molecule has 0 fully saturated rings. The second kappa shape index (κ2) is 6.55. The van der Waals surface area contributed by atoms with Gasteiger partial charge >= 0.3 is 0 Å². The number of hydrogen-bond donors (Lipinski definition) is 1. The lowest BCUT2D eigenvalue weighted by atomic mass is 10.3. The number of rotatable bonds is 6. The Morgan fingerprint density at radius 3 is 2.50 bits per heavy atom. The first-order valence-corrected chi connectivity index (χ1v) is 5.95. The molecule has 6 nitrogen and oxygen atoms in total. The van der Waals surface area contributed by atoms with E-state index in [-0.39, 0.29) is 11.4 Å². The van der Waals surface area contributed by atoms with Crippen LogP contribution in [0.25, 0.3) is 0 Å². The molecule has 0 atom stereocenters. The van der Waals surface area contributed by atoms with E-state index in [0.717, 1.165) is 25.9 Å². The molecule has 6 heteroatoms. The number of carbonyl (C=O) groups excluding carboxylic acids is 1. The molecule has 1 aromatic heterocycles. The van der Waals surface area contributed by atoms with Crippen molar-refractivity contribution in [3.8, 4) is 6.07 Å². The van der Waals surface area contributed by atoms with E-state index in [1.54, 1.807) is 0 Å². The molecule has 0 aliphatic carbocycles. The van der Waals surface area contributed by atoms with Gasteiger partial charge in [0.1, 0.15) is 6.07 Å². The summed E-state index contributed by atoms with van der Waals surface area (Å²) in [5.41, 5.74) is 5.59. The monoisotopic (exact) mass is 247 g/mol. The molecule has 0 aromatic carbocycles. The minimum absolute atomic E-state index is 0.121. The van der Waals surface area contributed by atoms with Crippen molar-refractivity contribution in [1.29, 1.82) is 5.26 Å². The maximum absolute atomic E-state index is 11.3. The van der Waals surface area contributed by atoms with Crippen LogP contribution in [-0.2, 0) is 0 Å². The number of nitrogens with zero attached hydrogens (tertiary/aromatic N) is 4. The Hall–Kier alpha value is -2.16. The minimum atomic E-state index is -0.626. The Bertz CT molecular complexity index is 460. The fraction of sp³-hybridized carbons (Fsp3) is 0.500. The first-order valence-electron chi connectivity index (χ1n) is 5.95. The van der Waals surface area contributed by atoms with Crippen LogP contribution in [0.4, 0.5) is 5.82 Å². The van der Waals surface area contributed by atoms with Gasteiger partial charge in [0, 0.05) is 13.1 Å². The largest absolute Gasteiger partial charge is 0.364 e. The molecule has 1 heterocycles. The van der Waals surface area contributed by atoms with E-state index in [0.29, 0.717) is 5.82 Å². The molecule has 96 valence electrons. The highest BCUT2D eigenvalue weighted by Crippen LogP contribution is 2.16. The molecule has 0 saturated heterocycles. The SMILES string of the molecule is CCCN(CCC)c1nc(C#N)cnc1C(N)=O. The molecule has 1 aromatic rings. The highest BCUT2D eigenvalue weighted by Gasteiger charge is 2.18. The maximum atomic E-state index is 11.3. The average molecular weight is 247 g/mol. The third kappa shape index (κ3) is 3.17. The zero-order valence-electron chi connectivity index (χ0n) is 10.7. The van der Waals surface area contributed by atoms with E-state index in [1.165, 1.54) is 6.20 Å². The first kappa shape index (κ1) is 13.9. The summed E-state index contributed by atoms with van der Waals surface area (Å²) in [7, 11) is 0. The summed E-state index contributed by atoms with van der Waals surface area (Å²) in [5, 5.41) is 8.85. The number of aromatic nitrogens is 2. The number of nitriles is 1. The van der Waals surface area contributed by atoms with E-state index in [9.17, 15) is 4.79 Å². The number of carbonyl (C=O) groups is 1. The summed E-state index contributed by atoms with van der Waals surface area (Å²) >= 11 is 0. The van der Waals surface area contributed by atoms with Gasteiger partial charge in [-0.2, -0.15) is 5.26 Å². The summed E-state index contributed by atoms with van der Waals surface area (Å²) in [4.78, 5) is 21.4. The number of nitrogens with two attached hydrogens (primary N) is 1. The van der Waals surface area contributed by atoms with E-state index in [1.807, 2.05) is 24.8 Å². The second-order valence-corrected chi connectivity index (χ2v) is 3.89. The second-order valence-electron chi connectivity index (χ2n) is 3.89. The molecule has 2 N–H and O–H groups in total. The van der Waals surface area contributed by atoms with Gasteiger partial charge in [-0.1, -0.05) is 13.8 Å². The fourth-order valence-corrected chi connectivity index (χ4v) is 1.69. The summed E-state index contributed by atoms with van der Waals surface area (Å²) < 4.78 is 0. The van der Waals surface area contributed by atoms with Crippen LogP contribution in [0.15, 0.2) is 6.20 Å². The van der Waals surface area contributed by atoms with Gasteiger partial charge in [-0.05, 0) is 12.8 Å². The lowest BCUT2D eigenvalue weighted by Crippen LogP contribution is -2.30. The minimum Gasteiger partial charge on any atom is -0.364 e. The Morgan fingerprint density at radius 1 is 1.44 bits per heavy atom. The van der Waals surface area contributed by atoms with Gasteiger partial charge in [-0.25, -0.2) is 9.97 Å². The molecule has 0 aliphatic rings. The van der Waals surface area contributed by atoms with E-state index >= 15 is 0 Å². The molecule has 0 bridgehead atoms. The van der Waals surface area contributed by atoms with Gasteiger partial charge in [0.05, 0.1) is 6.20 Å². The number of primary amides is 1. The van der Waals surface area contributed by atoms with Gasteiger partial charge < -0.3 is 10.6 Å². The van der Waals surface area contributed by atoms with Gasteiger partial charge in [-0.3, -0.25) is 4.79 Å². The van der Waals surface area contributed by atoms with Crippen LogP contribution in [0.3, 0.4) is 0 Å². The van der Waals surface area contributed by atoms with Crippen molar-refractivity contribution in [2.45, 2.75) is 26.7 Å². The van der Waals surface area contributed by atoms with Crippen LogP contribution >= 0.6 is 0 Å². The van der Waals surface area contributed by atoms with E-state index in [4.69, 9.17) is 11.0 Å². The van der Waals surface area contributed by atoms with Crippen LogP contribution in [0, 0.1) is 11.3 Å². The van der Waals surface area contributed by atoms with Gasteiger partial charge in [-0.15, -0.1) is 0 Å².